The van der Waals surface area contributed by atoms with E-state index in [-0.39, 0.29) is 23.7 Å². The largest absolute Gasteiger partial charge is 0.446 e. The van der Waals surface area contributed by atoms with Crippen molar-refractivity contribution in [3.8, 4) is 0 Å². The van der Waals surface area contributed by atoms with Crippen molar-refractivity contribution in [3.05, 3.63) is 17.8 Å². The van der Waals surface area contributed by atoms with Gasteiger partial charge in [0.25, 0.3) is 5.91 Å². The number of aromatic nitrogens is 1. The maximum Gasteiger partial charge on any atom is 0.273 e. The van der Waals surface area contributed by atoms with Gasteiger partial charge in [0, 0.05) is 6.04 Å². The summed E-state index contributed by atoms with van der Waals surface area (Å²) in [4.78, 5) is 15.7. The molecule has 3 N–H and O–H groups in total. The van der Waals surface area contributed by atoms with Crippen molar-refractivity contribution in [2.24, 2.45) is 5.73 Å². The van der Waals surface area contributed by atoms with E-state index < -0.39 is 0 Å². The average Bonchev–Trinajstić information content (AvgIpc) is 2.74. The molecule has 1 rings (SSSR count). The molecule has 17 heavy (non-hydrogen) atoms. The highest BCUT2D eigenvalue weighted by atomic mass is 32.2. The SMILES string of the molecule is CSCCC(N)c1nc(C(=O)NC(C)C)co1. The predicted octanol–water partition coefficient (Wildman–Crippen LogP) is 1.57. The zero-order valence-electron chi connectivity index (χ0n) is 10.4. The highest BCUT2D eigenvalue weighted by molar-refractivity contribution is 7.98. The lowest BCUT2D eigenvalue weighted by Gasteiger charge is -2.06. The molecule has 1 heterocycles. The summed E-state index contributed by atoms with van der Waals surface area (Å²) >= 11 is 1.72. The molecule has 0 fully saturated rings. The number of carbonyl (C=O) groups is 1. The first-order chi connectivity index (χ1) is 8.04. The summed E-state index contributed by atoms with van der Waals surface area (Å²) in [6, 6.07) is -0.170. The second-order valence-corrected chi connectivity index (χ2v) is 5.07. The van der Waals surface area contributed by atoms with E-state index in [1.807, 2.05) is 20.1 Å². The van der Waals surface area contributed by atoms with E-state index in [1.165, 1.54) is 6.26 Å². The van der Waals surface area contributed by atoms with Gasteiger partial charge in [-0.3, -0.25) is 4.79 Å². The van der Waals surface area contributed by atoms with Crippen LogP contribution in [0.4, 0.5) is 0 Å². The van der Waals surface area contributed by atoms with E-state index in [0.717, 1.165) is 12.2 Å². The van der Waals surface area contributed by atoms with Crippen LogP contribution in [0.2, 0.25) is 0 Å². The molecule has 1 unspecified atom stereocenters. The Labute approximate surface area is 106 Å². The highest BCUT2D eigenvalue weighted by Crippen LogP contribution is 2.15. The van der Waals surface area contributed by atoms with E-state index in [1.54, 1.807) is 11.8 Å². The van der Waals surface area contributed by atoms with Crippen molar-refractivity contribution in [1.82, 2.24) is 10.3 Å². The number of oxazole rings is 1. The van der Waals surface area contributed by atoms with Crippen molar-refractivity contribution in [3.63, 3.8) is 0 Å². The summed E-state index contributed by atoms with van der Waals surface area (Å²) in [5.41, 5.74) is 6.18. The summed E-state index contributed by atoms with van der Waals surface area (Å²) in [6.07, 6.45) is 4.16. The van der Waals surface area contributed by atoms with Crippen molar-refractivity contribution in [1.29, 1.82) is 0 Å². The van der Waals surface area contributed by atoms with Crippen molar-refractivity contribution < 1.29 is 9.21 Å². The molecule has 0 aliphatic rings. The first-order valence-electron chi connectivity index (χ1n) is 5.55. The van der Waals surface area contributed by atoms with Crippen molar-refractivity contribution in [2.75, 3.05) is 12.0 Å². The number of carbonyl (C=O) groups excluding carboxylic acids is 1. The number of nitrogens with one attached hydrogen (secondary N) is 1. The van der Waals surface area contributed by atoms with Gasteiger partial charge in [0.15, 0.2) is 5.69 Å². The third-order valence-electron chi connectivity index (χ3n) is 2.12. The minimum absolute atomic E-state index is 0.0767. The molecule has 0 radical (unpaired) electrons. The van der Waals surface area contributed by atoms with E-state index >= 15 is 0 Å². The molecule has 1 aromatic heterocycles. The summed E-state index contributed by atoms with van der Waals surface area (Å²) < 4.78 is 5.22. The third-order valence-corrected chi connectivity index (χ3v) is 2.77. The molecule has 0 spiro atoms. The first kappa shape index (κ1) is 14.1. The van der Waals surface area contributed by atoms with Gasteiger partial charge in [0.2, 0.25) is 5.89 Å². The summed E-state index contributed by atoms with van der Waals surface area (Å²) in [5, 5.41) is 2.75. The monoisotopic (exact) mass is 257 g/mol. The van der Waals surface area contributed by atoms with E-state index in [2.05, 4.69) is 10.3 Å². The molecule has 1 aromatic rings. The van der Waals surface area contributed by atoms with Gasteiger partial charge >= 0.3 is 0 Å². The van der Waals surface area contributed by atoms with Crippen LogP contribution in [0.15, 0.2) is 10.7 Å². The zero-order chi connectivity index (χ0) is 12.8. The number of rotatable bonds is 6. The minimum Gasteiger partial charge on any atom is -0.446 e. The van der Waals surface area contributed by atoms with Crippen LogP contribution in [-0.2, 0) is 0 Å². The molecule has 1 amide bonds. The summed E-state index contributed by atoms with van der Waals surface area (Å²) in [5.74, 6) is 1.14. The second-order valence-electron chi connectivity index (χ2n) is 4.09. The Hall–Kier alpha value is -1.01. The molecule has 0 aliphatic heterocycles. The van der Waals surface area contributed by atoms with Gasteiger partial charge < -0.3 is 15.5 Å². The Balaban J connectivity index is 2.61. The van der Waals surface area contributed by atoms with Crippen LogP contribution < -0.4 is 11.1 Å². The molecule has 0 saturated carbocycles. The van der Waals surface area contributed by atoms with Crippen LogP contribution >= 0.6 is 11.8 Å². The van der Waals surface area contributed by atoms with E-state index in [4.69, 9.17) is 10.2 Å². The Kier molecular flexibility index (Phi) is 5.50. The molecule has 0 saturated heterocycles. The molecule has 0 aliphatic carbocycles. The first-order valence-corrected chi connectivity index (χ1v) is 6.94. The number of amides is 1. The van der Waals surface area contributed by atoms with Crippen molar-refractivity contribution >= 4 is 17.7 Å². The van der Waals surface area contributed by atoms with Crippen LogP contribution in [0.5, 0.6) is 0 Å². The lowest BCUT2D eigenvalue weighted by Crippen LogP contribution is -2.30. The highest BCUT2D eigenvalue weighted by Gasteiger charge is 2.16. The van der Waals surface area contributed by atoms with E-state index in [0.29, 0.717) is 5.89 Å². The molecule has 0 bridgehead atoms. The fraction of sp³-hybridized carbons (Fsp3) is 0.636. The average molecular weight is 257 g/mol. The van der Waals surface area contributed by atoms with Crippen LogP contribution in [0.3, 0.4) is 0 Å². The Morgan fingerprint density at radius 3 is 2.94 bits per heavy atom. The number of nitrogens with two attached hydrogens (primary N) is 1. The molecule has 6 heteroatoms. The molecular formula is C11H19N3O2S. The van der Waals surface area contributed by atoms with E-state index in [9.17, 15) is 4.79 Å². The van der Waals surface area contributed by atoms with Gasteiger partial charge in [-0.15, -0.1) is 0 Å². The molecule has 0 aromatic carbocycles. The quantitative estimate of drug-likeness (QED) is 0.808. The topological polar surface area (TPSA) is 81.1 Å². The summed E-state index contributed by atoms with van der Waals surface area (Å²) in [6.45, 7) is 3.78. The summed E-state index contributed by atoms with van der Waals surface area (Å²) in [7, 11) is 0. The normalized spacial score (nSPS) is 12.8. The van der Waals surface area contributed by atoms with Crippen LogP contribution in [0.25, 0.3) is 0 Å². The number of hydrogen-bond acceptors (Lipinski definition) is 5. The Morgan fingerprint density at radius 1 is 1.65 bits per heavy atom. The van der Waals surface area contributed by atoms with Gasteiger partial charge in [-0.2, -0.15) is 11.8 Å². The molecular weight excluding hydrogens is 238 g/mol. The van der Waals surface area contributed by atoms with Crippen LogP contribution in [0.1, 0.15) is 42.7 Å². The maximum absolute atomic E-state index is 11.6. The lowest BCUT2D eigenvalue weighted by atomic mass is 10.2. The Bertz CT molecular complexity index is 365. The Morgan fingerprint density at radius 2 is 2.35 bits per heavy atom. The van der Waals surface area contributed by atoms with Gasteiger partial charge in [0.05, 0.1) is 6.04 Å². The smallest absolute Gasteiger partial charge is 0.273 e. The second kappa shape index (κ2) is 6.66. The van der Waals surface area contributed by atoms with Gasteiger partial charge in [0.1, 0.15) is 6.26 Å². The molecule has 5 nitrogen and oxygen atoms in total. The third kappa shape index (κ3) is 4.40. The minimum atomic E-state index is -0.247. The number of hydrogen-bond donors (Lipinski definition) is 2. The van der Waals surface area contributed by atoms with Gasteiger partial charge in [-0.05, 0) is 32.3 Å². The van der Waals surface area contributed by atoms with Gasteiger partial charge in [-0.1, -0.05) is 0 Å². The van der Waals surface area contributed by atoms with Gasteiger partial charge in [-0.25, -0.2) is 4.98 Å². The van der Waals surface area contributed by atoms with Crippen molar-refractivity contribution in [2.45, 2.75) is 32.4 Å². The standard InChI is InChI=1S/C11H19N3O2S/c1-7(2)13-10(15)9-6-16-11(14-9)8(12)4-5-17-3/h6-8H,4-5,12H2,1-3H3,(H,13,15). The molecule has 96 valence electrons. The maximum atomic E-state index is 11.6. The van der Waals surface area contributed by atoms with Crippen LogP contribution in [-0.4, -0.2) is 28.9 Å². The lowest BCUT2D eigenvalue weighted by molar-refractivity contribution is 0.0938. The van der Waals surface area contributed by atoms with Crippen LogP contribution in [0, 0.1) is 0 Å². The number of nitrogens with zero attached hydrogens (tertiary/aromatic N) is 1. The fourth-order valence-electron chi connectivity index (χ4n) is 1.27. The molecule has 1 atom stereocenters. The fourth-order valence-corrected chi connectivity index (χ4v) is 1.76. The zero-order valence-corrected chi connectivity index (χ0v) is 11.2. The predicted molar refractivity (Wildman–Crippen MR) is 69.0 cm³/mol. The number of thioether (sulfide) groups is 1.